The highest BCUT2D eigenvalue weighted by Crippen LogP contribution is 2.11. The molecule has 1 aromatic carbocycles. The Morgan fingerprint density at radius 3 is 2.74 bits per heavy atom. The van der Waals surface area contributed by atoms with Crippen LogP contribution in [0.25, 0.3) is 0 Å². The van der Waals surface area contributed by atoms with Gasteiger partial charge in [0.05, 0.1) is 11.5 Å². The number of nitro benzene ring substituents is 1. The van der Waals surface area contributed by atoms with E-state index in [1.165, 1.54) is 12.1 Å². The van der Waals surface area contributed by atoms with Crippen LogP contribution in [0.2, 0.25) is 0 Å². The van der Waals surface area contributed by atoms with Crippen molar-refractivity contribution in [3.63, 3.8) is 0 Å². The van der Waals surface area contributed by atoms with Gasteiger partial charge in [-0.15, -0.1) is 0 Å². The Morgan fingerprint density at radius 1 is 1.42 bits per heavy atom. The maximum Gasteiger partial charge on any atom is 0.269 e. The zero-order chi connectivity index (χ0) is 13.7. The highest BCUT2D eigenvalue weighted by atomic mass is 16.6. The molecular weight excluding hydrogens is 244 g/mol. The third kappa shape index (κ3) is 3.89. The fraction of sp³-hybridized carbons (Fsp3) is 0.308. The summed E-state index contributed by atoms with van der Waals surface area (Å²) in [4.78, 5) is 10.1. The molecule has 1 heterocycles. The molecule has 1 aromatic heterocycles. The van der Waals surface area contributed by atoms with Gasteiger partial charge in [-0.1, -0.05) is 12.1 Å². The fourth-order valence-corrected chi connectivity index (χ4v) is 1.78. The normalized spacial score (nSPS) is 12.3. The van der Waals surface area contributed by atoms with Gasteiger partial charge in [-0.25, -0.2) is 0 Å². The maximum absolute atomic E-state index is 10.5. The number of non-ortho nitro benzene ring substituents is 1. The molecule has 1 unspecified atom stereocenters. The lowest BCUT2D eigenvalue weighted by atomic mass is 10.2. The van der Waals surface area contributed by atoms with E-state index in [9.17, 15) is 10.1 Å². The van der Waals surface area contributed by atoms with Gasteiger partial charge in [-0.3, -0.25) is 14.8 Å². The average Bonchev–Trinajstić information content (AvgIpc) is 2.89. The smallest absolute Gasteiger partial charge is 0.269 e. The summed E-state index contributed by atoms with van der Waals surface area (Å²) in [7, 11) is 0. The van der Waals surface area contributed by atoms with Crippen LogP contribution in [0.3, 0.4) is 0 Å². The van der Waals surface area contributed by atoms with Gasteiger partial charge in [0.2, 0.25) is 0 Å². The van der Waals surface area contributed by atoms with Crippen molar-refractivity contribution in [2.75, 3.05) is 0 Å². The Hall–Kier alpha value is -2.21. The second kappa shape index (κ2) is 6.10. The molecule has 2 rings (SSSR count). The highest BCUT2D eigenvalue weighted by molar-refractivity contribution is 5.32. The number of rotatable bonds is 6. The first kappa shape index (κ1) is 13.2. The number of aromatic nitrogens is 2. The summed E-state index contributed by atoms with van der Waals surface area (Å²) >= 11 is 0. The number of hydrogen-bond acceptors (Lipinski definition) is 4. The van der Waals surface area contributed by atoms with Crippen LogP contribution >= 0.6 is 0 Å². The molecule has 0 saturated carbocycles. The predicted octanol–water partition coefficient (Wildman–Crippen LogP) is 1.97. The van der Waals surface area contributed by atoms with Crippen LogP contribution in [0.1, 0.15) is 12.5 Å². The number of nitrogens with zero attached hydrogens (tertiary/aromatic N) is 3. The van der Waals surface area contributed by atoms with Gasteiger partial charge < -0.3 is 5.32 Å². The Morgan fingerprint density at radius 2 is 2.16 bits per heavy atom. The quantitative estimate of drug-likeness (QED) is 0.636. The molecule has 0 saturated heterocycles. The molecule has 0 fully saturated rings. The molecule has 6 heteroatoms. The summed E-state index contributed by atoms with van der Waals surface area (Å²) in [6.45, 7) is 3.55. The van der Waals surface area contributed by atoms with Crippen molar-refractivity contribution in [1.29, 1.82) is 0 Å². The molecule has 6 nitrogen and oxygen atoms in total. The molecule has 0 spiro atoms. The molecule has 0 amide bonds. The van der Waals surface area contributed by atoms with Gasteiger partial charge in [0.15, 0.2) is 0 Å². The van der Waals surface area contributed by atoms with Crippen LogP contribution in [0.4, 0.5) is 5.69 Å². The molecule has 0 aliphatic heterocycles. The minimum Gasteiger partial charge on any atom is -0.308 e. The first-order valence-corrected chi connectivity index (χ1v) is 6.09. The predicted molar refractivity (Wildman–Crippen MR) is 71.6 cm³/mol. The molecule has 0 aliphatic carbocycles. The number of nitro groups is 1. The molecule has 1 N–H and O–H groups in total. The second-order valence-corrected chi connectivity index (χ2v) is 4.43. The summed E-state index contributed by atoms with van der Waals surface area (Å²) in [6, 6.07) is 8.75. The van der Waals surface area contributed by atoms with Gasteiger partial charge in [0.25, 0.3) is 5.69 Å². The monoisotopic (exact) mass is 260 g/mol. The van der Waals surface area contributed by atoms with E-state index in [2.05, 4.69) is 17.3 Å². The molecule has 0 radical (unpaired) electrons. The van der Waals surface area contributed by atoms with E-state index in [0.29, 0.717) is 6.54 Å². The van der Waals surface area contributed by atoms with E-state index >= 15 is 0 Å². The van der Waals surface area contributed by atoms with Gasteiger partial charge in [-0.2, -0.15) is 5.10 Å². The van der Waals surface area contributed by atoms with Crippen LogP contribution in [-0.2, 0) is 13.1 Å². The van der Waals surface area contributed by atoms with Gasteiger partial charge in [0.1, 0.15) is 0 Å². The maximum atomic E-state index is 10.5. The van der Waals surface area contributed by atoms with Gasteiger partial charge >= 0.3 is 0 Å². The number of hydrogen-bond donors (Lipinski definition) is 1. The van der Waals surface area contributed by atoms with E-state index in [4.69, 9.17) is 0 Å². The topological polar surface area (TPSA) is 73.0 Å². The summed E-state index contributed by atoms with van der Waals surface area (Å²) in [5.41, 5.74) is 1.14. The molecule has 1 atom stereocenters. The summed E-state index contributed by atoms with van der Waals surface area (Å²) in [5.74, 6) is 0. The largest absolute Gasteiger partial charge is 0.308 e. The summed E-state index contributed by atoms with van der Waals surface area (Å²) in [6.07, 6.45) is 3.67. The van der Waals surface area contributed by atoms with Crippen molar-refractivity contribution < 1.29 is 4.92 Å². The highest BCUT2D eigenvalue weighted by Gasteiger charge is 2.05. The molecular formula is C13H16N4O2. The van der Waals surface area contributed by atoms with Gasteiger partial charge in [-0.05, 0) is 18.6 Å². The first-order valence-electron chi connectivity index (χ1n) is 6.09. The van der Waals surface area contributed by atoms with Crippen molar-refractivity contribution in [1.82, 2.24) is 15.1 Å². The number of benzene rings is 1. The summed E-state index contributed by atoms with van der Waals surface area (Å²) < 4.78 is 1.87. The van der Waals surface area contributed by atoms with E-state index in [-0.39, 0.29) is 11.7 Å². The lowest BCUT2D eigenvalue weighted by molar-refractivity contribution is -0.384. The van der Waals surface area contributed by atoms with Crippen molar-refractivity contribution >= 4 is 5.69 Å². The lowest BCUT2D eigenvalue weighted by Gasteiger charge is -2.13. The number of nitrogens with one attached hydrogen (secondary N) is 1. The Balaban J connectivity index is 1.83. The minimum atomic E-state index is -0.391. The zero-order valence-corrected chi connectivity index (χ0v) is 10.7. The van der Waals surface area contributed by atoms with E-state index in [1.807, 2.05) is 16.9 Å². The third-order valence-electron chi connectivity index (χ3n) is 2.82. The van der Waals surface area contributed by atoms with Crippen LogP contribution in [0.15, 0.2) is 42.7 Å². The molecule has 2 aromatic rings. The van der Waals surface area contributed by atoms with Crippen molar-refractivity contribution in [2.45, 2.75) is 26.1 Å². The van der Waals surface area contributed by atoms with Crippen molar-refractivity contribution in [3.8, 4) is 0 Å². The molecule has 19 heavy (non-hydrogen) atoms. The van der Waals surface area contributed by atoms with E-state index in [1.54, 1.807) is 18.3 Å². The Kier molecular flexibility index (Phi) is 4.25. The second-order valence-electron chi connectivity index (χ2n) is 4.43. The standard InChI is InChI=1S/C13H16N4O2/c1-11(10-16-8-2-7-15-16)14-9-12-3-5-13(6-4-12)17(18)19/h2-8,11,14H,9-10H2,1H3. The van der Waals surface area contributed by atoms with Crippen LogP contribution in [0.5, 0.6) is 0 Å². The first-order chi connectivity index (χ1) is 9.15. The minimum absolute atomic E-state index is 0.119. The third-order valence-corrected chi connectivity index (χ3v) is 2.82. The van der Waals surface area contributed by atoms with Crippen LogP contribution < -0.4 is 5.32 Å². The van der Waals surface area contributed by atoms with Crippen molar-refractivity contribution in [3.05, 3.63) is 58.4 Å². The molecule has 0 bridgehead atoms. The van der Waals surface area contributed by atoms with Gasteiger partial charge in [0, 0.05) is 37.1 Å². The lowest BCUT2D eigenvalue weighted by Crippen LogP contribution is -2.30. The zero-order valence-electron chi connectivity index (χ0n) is 10.7. The molecule has 0 aliphatic rings. The Bertz CT molecular complexity index is 522. The van der Waals surface area contributed by atoms with E-state index < -0.39 is 4.92 Å². The van der Waals surface area contributed by atoms with Crippen molar-refractivity contribution in [2.24, 2.45) is 0 Å². The molecule has 100 valence electrons. The van der Waals surface area contributed by atoms with Crippen LogP contribution in [0, 0.1) is 10.1 Å². The Labute approximate surface area is 111 Å². The summed E-state index contributed by atoms with van der Waals surface area (Å²) in [5, 5.41) is 18.0. The van der Waals surface area contributed by atoms with Crippen LogP contribution in [-0.4, -0.2) is 20.7 Å². The average molecular weight is 260 g/mol. The fourth-order valence-electron chi connectivity index (χ4n) is 1.78. The SMILES string of the molecule is CC(Cn1cccn1)NCc1ccc([N+](=O)[O-])cc1. The van der Waals surface area contributed by atoms with E-state index in [0.717, 1.165) is 12.1 Å².